The van der Waals surface area contributed by atoms with E-state index in [2.05, 4.69) is 36.1 Å². The van der Waals surface area contributed by atoms with E-state index in [1.807, 2.05) is 30.6 Å². The van der Waals surface area contributed by atoms with Crippen LogP contribution in [-0.2, 0) is 0 Å². The Bertz CT molecular complexity index is 1510. The highest BCUT2D eigenvalue weighted by molar-refractivity contribution is 5.84. The molecule has 1 aliphatic rings. The number of H-pyrrole nitrogens is 1. The quantitative estimate of drug-likeness (QED) is 0.391. The predicted molar refractivity (Wildman–Crippen MR) is 132 cm³/mol. The smallest absolute Gasteiger partial charge is 0.144 e. The van der Waals surface area contributed by atoms with Crippen LogP contribution in [0.1, 0.15) is 37.4 Å². The first-order valence-electron chi connectivity index (χ1n) is 11.8. The molecule has 0 saturated heterocycles. The van der Waals surface area contributed by atoms with Crippen LogP contribution < -0.4 is 5.73 Å². The van der Waals surface area contributed by atoms with Crippen molar-refractivity contribution >= 4 is 11.0 Å². The fourth-order valence-corrected chi connectivity index (χ4v) is 4.72. The minimum Gasteiger partial charge on any atom is -0.328 e. The van der Waals surface area contributed by atoms with E-state index in [4.69, 9.17) is 10.7 Å². The zero-order chi connectivity index (χ0) is 23.9. The van der Waals surface area contributed by atoms with Crippen molar-refractivity contribution in [2.75, 3.05) is 0 Å². The fraction of sp³-hybridized carbons (Fsp3) is 0.269. The molecular formula is C26H25FN8. The van der Waals surface area contributed by atoms with Crippen LogP contribution in [0.25, 0.3) is 44.8 Å². The maximum absolute atomic E-state index is 13.7. The lowest BCUT2D eigenvalue weighted by molar-refractivity contribution is 0.304. The van der Waals surface area contributed by atoms with Gasteiger partial charge in [-0.2, -0.15) is 10.2 Å². The molecule has 0 amide bonds. The molecule has 5 aromatic heterocycles. The minimum atomic E-state index is -0.344. The van der Waals surface area contributed by atoms with Crippen molar-refractivity contribution in [1.82, 2.24) is 34.9 Å². The molecule has 0 bridgehead atoms. The van der Waals surface area contributed by atoms with Crippen LogP contribution in [0.2, 0.25) is 0 Å². The van der Waals surface area contributed by atoms with Crippen molar-refractivity contribution < 1.29 is 4.39 Å². The number of hydrogen-bond acceptors (Lipinski definition) is 6. The number of nitrogens with one attached hydrogen (secondary N) is 1. The minimum absolute atomic E-state index is 0.310. The number of aromatic amines is 1. The van der Waals surface area contributed by atoms with E-state index < -0.39 is 0 Å². The molecule has 1 saturated carbocycles. The zero-order valence-corrected chi connectivity index (χ0v) is 19.3. The highest BCUT2D eigenvalue weighted by Crippen LogP contribution is 2.32. The number of fused-ring (bicyclic) bond motifs is 1. The van der Waals surface area contributed by atoms with Gasteiger partial charge in [-0.1, -0.05) is 0 Å². The highest BCUT2D eigenvalue weighted by Gasteiger charge is 2.21. The maximum Gasteiger partial charge on any atom is 0.144 e. The third kappa shape index (κ3) is 4.08. The molecule has 0 radical (unpaired) electrons. The highest BCUT2D eigenvalue weighted by atomic mass is 19.1. The van der Waals surface area contributed by atoms with Gasteiger partial charge in [-0.05, 0) is 62.9 Å². The summed E-state index contributed by atoms with van der Waals surface area (Å²) in [4.78, 5) is 13.8. The molecule has 5 heterocycles. The van der Waals surface area contributed by atoms with Gasteiger partial charge in [-0.25, -0.2) is 14.4 Å². The Balaban J connectivity index is 1.33. The number of nitrogens with two attached hydrogens (primary N) is 1. The molecule has 8 nitrogen and oxygen atoms in total. The van der Waals surface area contributed by atoms with Crippen molar-refractivity contribution in [3.8, 4) is 33.8 Å². The molecule has 3 N–H and O–H groups in total. The van der Waals surface area contributed by atoms with Gasteiger partial charge in [0.05, 0.1) is 40.4 Å². The first kappa shape index (κ1) is 21.5. The van der Waals surface area contributed by atoms with Crippen LogP contribution in [0.5, 0.6) is 0 Å². The summed E-state index contributed by atoms with van der Waals surface area (Å²) in [5.41, 5.74) is 12.7. The van der Waals surface area contributed by atoms with Gasteiger partial charge in [0, 0.05) is 41.3 Å². The Kier molecular flexibility index (Phi) is 5.33. The van der Waals surface area contributed by atoms with Crippen LogP contribution in [0.15, 0.2) is 55.1 Å². The van der Waals surface area contributed by atoms with Crippen LogP contribution in [0.4, 0.5) is 4.39 Å². The number of pyridine rings is 3. The van der Waals surface area contributed by atoms with Gasteiger partial charge in [0.2, 0.25) is 0 Å². The van der Waals surface area contributed by atoms with Crippen molar-refractivity contribution in [3.05, 3.63) is 66.6 Å². The summed E-state index contributed by atoms with van der Waals surface area (Å²) in [6, 6.07) is 9.61. The van der Waals surface area contributed by atoms with Gasteiger partial charge < -0.3 is 5.73 Å². The lowest BCUT2D eigenvalue weighted by atomic mass is 9.92. The van der Waals surface area contributed by atoms with Crippen molar-refractivity contribution in [1.29, 1.82) is 0 Å². The Morgan fingerprint density at radius 3 is 2.63 bits per heavy atom. The summed E-state index contributed by atoms with van der Waals surface area (Å²) in [7, 11) is 0. The van der Waals surface area contributed by atoms with Gasteiger partial charge in [0.15, 0.2) is 0 Å². The largest absolute Gasteiger partial charge is 0.328 e. The van der Waals surface area contributed by atoms with E-state index >= 15 is 0 Å². The average Bonchev–Trinajstić information content (AvgIpc) is 3.56. The van der Waals surface area contributed by atoms with Crippen molar-refractivity contribution in [3.63, 3.8) is 0 Å². The molecule has 0 spiro atoms. The van der Waals surface area contributed by atoms with Gasteiger partial charge >= 0.3 is 0 Å². The molecule has 0 unspecified atom stereocenters. The second-order valence-corrected chi connectivity index (χ2v) is 9.15. The van der Waals surface area contributed by atoms with Gasteiger partial charge in [0.1, 0.15) is 11.5 Å². The average molecular weight is 469 g/mol. The number of aromatic nitrogens is 7. The summed E-state index contributed by atoms with van der Waals surface area (Å²) >= 11 is 0. The number of halogens is 1. The topological polar surface area (TPSA) is 111 Å². The van der Waals surface area contributed by atoms with Crippen molar-refractivity contribution in [2.45, 2.75) is 44.7 Å². The second-order valence-electron chi connectivity index (χ2n) is 9.15. The Morgan fingerprint density at radius 2 is 1.80 bits per heavy atom. The molecule has 0 atom stereocenters. The number of nitrogens with zero attached hydrogens (tertiary/aromatic N) is 6. The Labute approximate surface area is 201 Å². The zero-order valence-electron chi connectivity index (χ0n) is 19.3. The third-order valence-corrected chi connectivity index (χ3v) is 6.77. The third-order valence-electron chi connectivity index (χ3n) is 6.77. The van der Waals surface area contributed by atoms with E-state index in [0.717, 1.165) is 59.1 Å². The maximum atomic E-state index is 13.7. The standard InChI is InChI=1S/C26H25FN8/c1-15-21(27)6-7-24(32-15)26-20(13-30-34-26)22-8-9-23-25(33-22)10-16(11-29-23)17-12-31-35(14-17)19-4-2-18(28)3-5-19/h6-14,18-19H,2-5,28H2,1H3,(H,30,34). The van der Waals surface area contributed by atoms with E-state index in [1.165, 1.54) is 6.07 Å². The molecular weight excluding hydrogens is 443 g/mol. The summed E-state index contributed by atoms with van der Waals surface area (Å²) < 4.78 is 15.8. The molecule has 1 aliphatic carbocycles. The van der Waals surface area contributed by atoms with E-state index in [1.54, 1.807) is 19.2 Å². The van der Waals surface area contributed by atoms with Gasteiger partial charge in [0.25, 0.3) is 0 Å². The Hall–Kier alpha value is -3.98. The molecule has 176 valence electrons. The summed E-state index contributed by atoms with van der Waals surface area (Å²) in [5.74, 6) is -0.344. The summed E-state index contributed by atoms with van der Waals surface area (Å²) in [6.07, 6.45) is 11.8. The monoisotopic (exact) mass is 468 g/mol. The van der Waals surface area contributed by atoms with Crippen LogP contribution >= 0.6 is 0 Å². The molecule has 1 fully saturated rings. The lowest BCUT2D eigenvalue weighted by Crippen LogP contribution is -2.27. The number of aryl methyl sites for hydroxylation is 1. The van der Waals surface area contributed by atoms with Gasteiger partial charge in [-0.3, -0.25) is 14.8 Å². The van der Waals surface area contributed by atoms with E-state index in [-0.39, 0.29) is 5.82 Å². The summed E-state index contributed by atoms with van der Waals surface area (Å²) in [5, 5.41) is 11.9. The fourth-order valence-electron chi connectivity index (χ4n) is 4.72. The molecule has 5 aromatic rings. The first-order chi connectivity index (χ1) is 17.0. The SMILES string of the molecule is Cc1nc(-c2n[nH]cc2-c2ccc3ncc(-c4cnn(C5CCC(N)CC5)c4)cc3n2)ccc1F. The first-order valence-corrected chi connectivity index (χ1v) is 11.8. The van der Waals surface area contributed by atoms with Crippen LogP contribution in [0, 0.1) is 12.7 Å². The molecule has 6 rings (SSSR count). The summed E-state index contributed by atoms with van der Waals surface area (Å²) in [6.45, 7) is 1.64. The molecule has 0 aliphatic heterocycles. The molecule has 0 aromatic carbocycles. The van der Waals surface area contributed by atoms with Gasteiger partial charge in [-0.15, -0.1) is 0 Å². The lowest BCUT2D eigenvalue weighted by Gasteiger charge is -2.26. The normalized spacial score (nSPS) is 18.3. The van der Waals surface area contributed by atoms with E-state index in [0.29, 0.717) is 29.2 Å². The number of rotatable bonds is 4. The van der Waals surface area contributed by atoms with Crippen molar-refractivity contribution in [2.24, 2.45) is 5.73 Å². The van der Waals surface area contributed by atoms with E-state index in [9.17, 15) is 4.39 Å². The second kappa shape index (κ2) is 8.66. The van der Waals surface area contributed by atoms with Crippen LogP contribution in [0.3, 0.4) is 0 Å². The molecule has 9 heteroatoms. The molecule has 35 heavy (non-hydrogen) atoms. The van der Waals surface area contributed by atoms with Crippen LogP contribution in [-0.4, -0.2) is 41.0 Å². The Morgan fingerprint density at radius 1 is 0.971 bits per heavy atom. The predicted octanol–water partition coefficient (Wildman–Crippen LogP) is 4.84. The number of hydrogen-bond donors (Lipinski definition) is 2.